The second-order valence-electron chi connectivity index (χ2n) is 6.62. The molecule has 2 aromatic heterocycles. The second-order valence-corrected chi connectivity index (χ2v) is 7.46. The van der Waals surface area contributed by atoms with Crippen LogP contribution in [-0.4, -0.2) is 26.4 Å². The van der Waals surface area contributed by atoms with Gasteiger partial charge in [-0.15, -0.1) is 0 Å². The maximum absolute atomic E-state index is 13.4. The summed E-state index contributed by atoms with van der Waals surface area (Å²) in [5, 5.41) is 7.72. The van der Waals surface area contributed by atoms with Crippen LogP contribution in [0.2, 0.25) is 10.0 Å². The number of alkyl halides is 3. The first-order valence-electron chi connectivity index (χ1n) is 8.61. The normalized spacial score (nSPS) is 14.9. The van der Waals surface area contributed by atoms with Crippen molar-refractivity contribution in [3.63, 3.8) is 0 Å². The van der Waals surface area contributed by atoms with Crippen molar-refractivity contribution in [2.75, 3.05) is 0 Å². The second kappa shape index (κ2) is 7.44. The topological polar surface area (TPSA) is 94.9 Å². The van der Waals surface area contributed by atoms with Crippen molar-refractivity contribution in [3.8, 4) is 0 Å². The van der Waals surface area contributed by atoms with E-state index in [4.69, 9.17) is 33.8 Å². The lowest BCUT2D eigenvalue weighted by Crippen LogP contribution is -2.16. The molecule has 0 radical (unpaired) electrons. The van der Waals surface area contributed by atoms with Gasteiger partial charge in [-0.3, -0.25) is 0 Å². The molecule has 1 saturated carbocycles. The minimum absolute atomic E-state index is 0.0186. The number of fused-ring (bicyclic) bond motifs is 1. The third-order valence-electron chi connectivity index (χ3n) is 4.38. The van der Waals surface area contributed by atoms with Crippen LogP contribution >= 0.6 is 23.2 Å². The number of halogens is 5. The molecule has 0 unspecified atom stereocenters. The van der Waals surface area contributed by atoms with E-state index in [1.54, 1.807) is 0 Å². The quantitative estimate of drug-likeness (QED) is 0.271. The van der Waals surface area contributed by atoms with E-state index in [0.29, 0.717) is 15.2 Å². The highest BCUT2D eigenvalue weighted by Crippen LogP contribution is 2.41. The molecule has 4 rings (SSSR count). The summed E-state index contributed by atoms with van der Waals surface area (Å²) >= 11 is 11.8. The number of hydrogen-bond donors (Lipinski definition) is 1. The van der Waals surface area contributed by atoms with E-state index in [1.165, 1.54) is 18.2 Å². The fourth-order valence-corrected chi connectivity index (χ4v) is 3.27. The molecule has 0 saturated heterocycles. The molecule has 1 aliphatic rings. The van der Waals surface area contributed by atoms with Crippen LogP contribution in [0.3, 0.4) is 0 Å². The van der Waals surface area contributed by atoms with Gasteiger partial charge in [-0.1, -0.05) is 28.4 Å². The molecule has 3 aromatic rings. The molecule has 1 fully saturated rings. The fraction of sp³-hybridized carbons (Fsp3) is 0.222. The number of amidine groups is 1. The first-order valence-corrected chi connectivity index (χ1v) is 9.37. The van der Waals surface area contributed by atoms with E-state index in [9.17, 15) is 18.0 Å². The Kier molecular flexibility index (Phi) is 5.07. The minimum atomic E-state index is -4.67. The molecule has 1 aromatic carbocycles. The molecular formula is C18H12Cl2F3N5O2. The Balaban J connectivity index is 1.63. The van der Waals surface area contributed by atoms with Crippen molar-refractivity contribution >= 4 is 40.7 Å². The van der Waals surface area contributed by atoms with E-state index in [-0.39, 0.29) is 28.0 Å². The van der Waals surface area contributed by atoms with Gasteiger partial charge in [0.05, 0.1) is 5.02 Å². The molecule has 0 bridgehead atoms. The predicted octanol–water partition coefficient (Wildman–Crippen LogP) is 4.41. The van der Waals surface area contributed by atoms with Crippen LogP contribution in [0.5, 0.6) is 0 Å². The third kappa shape index (κ3) is 4.05. The monoisotopic (exact) mass is 457 g/mol. The third-order valence-corrected chi connectivity index (χ3v) is 4.92. The zero-order chi connectivity index (χ0) is 21.6. The molecule has 30 heavy (non-hydrogen) atoms. The molecule has 0 amide bonds. The van der Waals surface area contributed by atoms with Gasteiger partial charge < -0.3 is 10.6 Å². The zero-order valence-electron chi connectivity index (χ0n) is 15.0. The summed E-state index contributed by atoms with van der Waals surface area (Å²) in [6, 6.07) is 6.46. The van der Waals surface area contributed by atoms with Crippen molar-refractivity contribution < 1.29 is 22.8 Å². The summed E-state index contributed by atoms with van der Waals surface area (Å²) in [4.78, 5) is 21.2. The van der Waals surface area contributed by atoms with Crippen molar-refractivity contribution in [2.24, 2.45) is 10.9 Å². The number of carbonyl (C=O) groups excluding carboxylic acids is 1. The number of oxime groups is 1. The van der Waals surface area contributed by atoms with E-state index >= 15 is 0 Å². The van der Waals surface area contributed by atoms with E-state index in [0.717, 1.165) is 25.0 Å². The summed E-state index contributed by atoms with van der Waals surface area (Å²) in [5.74, 6) is -1.34. The predicted molar refractivity (Wildman–Crippen MR) is 103 cm³/mol. The molecule has 1 aliphatic carbocycles. The maximum Gasteiger partial charge on any atom is 0.433 e. The molecular weight excluding hydrogens is 446 g/mol. The van der Waals surface area contributed by atoms with Gasteiger partial charge in [0.1, 0.15) is 5.69 Å². The van der Waals surface area contributed by atoms with Gasteiger partial charge in [-0.2, -0.15) is 18.3 Å². The van der Waals surface area contributed by atoms with Gasteiger partial charge in [0.2, 0.25) is 0 Å². The molecule has 2 heterocycles. The van der Waals surface area contributed by atoms with E-state index in [1.807, 2.05) is 0 Å². The SMILES string of the molecule is N/C(=N\OC(=O)c1cc2nc(C3CC3)cc(C(F)(F)F)n2n1)c1ccc(Cl)cc1Cl. The standard InChI is InChI=1S/C18H12Cl2F3N5O2/c19-9-3-4-10(11(20)5-9)16(24)27-30-17(29)13-7-15-25-12(8-1-2-8)6-14(18(21,22)23)28(15)26-13/h3-8H,1-2H2,(H2,24,27). The lowest BCUT2D eigenvalue weighted by molar-refractivity contribution is -0.142. The molecule has 0 aliphatic heterocycles. The Labute approximate surface area is 177 Å². The van der Waals surface area contributed by atoms with Gasteiger partial charge in [-0.05, 0) is 37.1 Å². The lowest BCUT2D eigenvalue weighted by atomic mass is 10.2. The summed E-state index contributed by atoms with van der Waals surface area (Å²) in [6.07, 6.45) is -3.14. The number of hydrogen-bond acceptors (Lipinski definition) is 5. The first-order chi connectivity index (χ1) is 14.1. The number of benzene rings is 1. The Morgan fingerprint density at radius 3 is 2.60 bits per heavy atom. The number of nitrogens with two attached hydrogens (primary N) is 1. The van der Waals surface area contributed by atoms with Crippen LogP contribution in [0.4, 0.5) is 13.2 Å². The van der Waals surface area contributed by atoms with E-state index in [2.05, 4.69) is 15.2 Å². The fourth-order valence-electron chi connectivity index (χ4n) is 2.77. The smallest absolute Gasteiger partial charge is 0.380 e. The van der Waals surface area contributed by atoms with Gasteiger partial charge in [-0.25, -0.2) is 14.3 Å². The Bertz CT molecular complexity index is 1190. The molecule has 0 spiro atoms. The summed E-state index contributed by atoms with van der Waals surface area (Å²) < 4.78 is 40.9. The van der Waals surface area contributed by atoms with Crippen LogP contribution in [0.15, 0.2) is 35.5 Å². The van der Waals surface area contributed by atoms with Crippen LogP contribution < -0.4 is 5.73 Å². The van der Waals surface area contributed by atoms with Gasteiger partial charge >= 0.3 is 12.1 Å². The number of aromatic nitrogens is 3. The van der Waals surface area contributed by atoms with Crippen molar-refractivity contribution in [3.05, 3.63) is 63.0 Å². The van der Waals surface area contributed by atoms with Gasteiger partial charge in [0, 0.05) is 28.3 Å². The van der Waals surface area contributed by atoms with Crippen LogP contribution in [0, 0.1) is 0 Å². The summed E-state index contributed by atoms with van der Waals surface area (Å²) in [5.41, 5.74) is 4.78. The molecule has 0 atom stereocenters. The van der Waals surface area contributed by atoms with Gasteiger partial charge in [0.15, 0.2) is 17.2 Å². The van der Waals surface area contributed by atoms with Crippen LogP contribution in [-0.2, 0) is 11.0 Å². The van der Waals surface area contributed by atoms with E-state index < -0.39 is 23.5 Å². The van der Waals surface area contributed by atoms with Crippen molar-refractivity contribution in [1.82, 2.24) is 14.6 Å². The molecule has 2 N–H and O–H groups in total. The van der Waals surface area contributed by atoms with Crippen LogP contribution in [0.1, 0.15) is 46.2 Å². The number of carbonyl (C=O) groups is 1. The Morgan fingerprint density at radius 2 is 1.97 bits per heavy atom. The molecule has 12 heteroatoms. The van der Waals surface area contributed by atoms with Crippen LogP contribution in [0.25, 0.3) is 5.65 Å². The van der Waals surface area contributed by atoms with Crippen molar-refractivity contribution in [2.45, 2.75) is 24.9 Å². The largest absolute Gasteiger partial charge is 0.433 e. The molecule has 7 nitrogen and oxygen atoms in total. The average Bonchev–Trinajstić information content (AvgIpc) is 3.43. The average molecular weight is 458 g/mol. The van der Waals surface area contributed by atoms with Gasteiger partial charge in [0.25, 0.3) is 0 Å². The number of nitrogens with zero attached hydrogens (tertiary/aromatic N) is 4. The Morgan fingerprint density at radius 1 is 1.23 bits per heavy atom. The first kappa shape index (κ1) is 20.4. The number of rotatable bonds is 4. The maximum atomic E-state index is 13.4. The molecule has 156 valence electrons. The zero-order valence-corrected chi connectivity index (χ0v) is 16.5. The summed E-state index contributed by atoms with van der Waals surface area (Å²) in [7, 11) is 0. The summed E-state index contributed by atoms with van der Waals surface area (Å²) in [6.45, 7) is 0. The minimum Gasteiger partial charge on any atom is -0.380 e. The van der Waals surface area contributed by atoms with Crippen molar-refractivity contribution in [1.29, 1.82) is 0 Å². The lowest BCUT2D eigenvalue weighted by Gasteiger charge is -2.10. The highest BCUT2D eigenvalue weighted by molar-refractivity contribution is 6.36. The Hall–Kier alpha value is -2.85. The highest BCUT2D eigenvalue weighted by Gasteiger charge is 2.37. The highest BCUT2D eigenvalue weighted by atomic mass is 35.5.